The maximum atomic E-state index is 13.6. The van der Waals surface area contributed by atoms with Crippen molar-refractivity contribution in [3.05, 3.63) is 30.5 Å². The van der Waals surface area contributed by atoms with E-state index in [1.807, 2.05) is 0 Å². The number of nitrogens with one attached hydrogen (secondary N) is 1. The molecule has 0 atom stereocenters. The van der Waals surface area contributed by atoms with Crippen LogP contribution >= 0.6 is 11.8 Å². The Morgan fingerprint density at radius 2 is 1.40 bits per heavy atom. The van der Waals surface area contributed by atoms with E-state index in [9.17, 15) is 30.7 Å². The fraction of sp³-hybridized carbons (Fsp3) is 0.273. The number of rotatable bonds is 2. The Kier molecular flexibility index (Phi) is 3.43. The molecule has 2 rings (SSSR count). The highest BCUT2D eigenvalue weighted by atomic mass is 32.2. The summed E-state index contributed by atoms with van der Waals surface area (Å²) < 4.78 is 88.4. The normalized spacial score (nSPS) is 13.9. The molecule has 0 unspecified atom stereocenters. The number of aromatic nitrogens is 1. The van der Waals surface area contributed by atoms with Gasteiger partial charge in [-0.3, -0.25) is 0 Å². The number of aromatic amines is 1. The minimum absolute atomic E-state index is 0.0908. The third-order valence-corrected chi connectivity index (χ3v) is 3.83. The van der Waals surface area contributed by atoms with Gasteiger partial charge in [0.05, 0.1) is 0 Å². The number of benzene rings is 1. The first-order valence-corrected chi connectivity index (χ1v) is 5.95. The van der Waals surface area contributed by atoms with Crippen LogP contribution in [0.3, 0.4) is 0 Å². The molecule has 0 bridgehead atoms. The van der Waals surface area contributed by atoms with Gasteiger partial charge < -0.3 is 4.98 Å². The molecule has 0 radical (unpaired) electrons. The summed E-state index contributed by atoms with van der Waals surface area (Å²) in [6, 6.07) is 5.74. The van der Waals surface area contributed by atoms with Gasteiger partial charge in [-0.05, 0) is 6.07 Å². The van der Waals surface area contributed by atoms with E-state index >= 15 is 0 Å². The zero-order valence-electron chi connectivity index (χ0n) is 9.44. The highest BCUT2D eigenvalue weighted by Crippen LogP contribution is 2.56. The second-order valence-corrected chi connectivity index (χ2v) is 5.10. The summed E-state index contributed by atoms with van der Waals surface area (Å²) in [4.78, 5) is 2.03. The third-order valence-electron chi connectivity index (χ3n) is 2.53. The van der Waals surface area contributed by atoms with Crippen LogP contribution in [0.5, 0.6) is 0 Å². The maximum Gasteiger partial charge on any atom is 0.441 e. The van der Waals surface area contributed by atoms with Crippen molar-refractivity contribution >= 4 is 22.7 Å². The number of hydrogen-bond donors (Lipinski definition) is 1. The van der Waals surface area contributed by atoms with Gasteiger partial charge in [0.15, 0.2) is 0 Å². The summed E-state index contributed by atoms with van der Waals surface area (Å²) in [5.41, 5.74) is 0.321. The molecule has 0 aliphatic carbocycles. The van der Waals surface area contributed by atoms with Crippen LogP contribution in [0.2, 0.25) is 0 Å². The molecule has 1 N–H and O–H groups in total. The zero-order chi connectivity index (χ0) is 15.2. The van der Waals surface area contributed by atoms with E-state index in [2.05, 4.69) is 4.98 Å². The van der Waals surface area contributed by atoms with Gasteiger partial charge in [0.25, 0.3) is 0 Å². The maximum absolute atomic E-state index is 13.6. The lowest BCUT2D eigenvalue weighted by molar-refractivity contribution is -0.302. The number of alkyl halides is 7. The smallest absolute Gasteiger partial charge is 0.360 e. The van der Waals surface area contributed by atoms with Crippen LogP contribution < -0.4 is 0 Å². The molecule has 1 aromatic carbocycles. The second-order valence-electron chi connectivity index (χ2n) is 3.89. The number of para-hydroxylation sites is 1. The Bertz CT molecular complexity index is 599. The lowest BCUT2D eigenvalue weighted by atomic mass is 10.2. The van der Waals surface area contributed by atoms with Crippen LogP contribution in [0.15, 0.2) is 35.4 Å². The number of hydrogen-bond acceptors (Lipinski definition) is 1. The van der Waals surface area contributed by atoms with Crippen molar-refractivity contribution in [2.45, 2.75) is 22.2 Å². The first kappa shape index (κ1) is 15.0. The predicted octanol–water partition coefficient (Wildman–Crippen LogP) is 5.05. The lowest BCUT2D eigenvalue weighted by Gasteiger charge is -2.28. The van der Waals surface area contributed by atoms with Crippen molar-refractivity contribution in [1.82, 2.24) is 4.98 Å². The van der Waals surface area contributed by atoms with Crippen molar-refractivity contribution in [2.24, 2.45) is 0 Å². The molecule has 110 valence electrons. The molecule has 1 aromatic heterocycles. The van der Waals surface area contributed by atoms with Gasteiger partial charge in [0.1, 0.15) is 0 Å². The summed E-state index contributed by atoms with van der Waals surface area (Å²) in [7, 11) is 0. The summed E-state index contributed by atoms with van der Waals surface area (Å²) >= 11 is -0.907. The van der Waals surface area contributed by atoms with Crippen LogP contribution in [0.4, 0.5) is 30.7 Å². The van der Waals surface area contributed by atoms with Gasteiger partial charge in [0, 0.05) is 22.0 Å². The van der Waals surface area contributed by atoms with Gasteiger partial charge in [-0.15, -0.1) is 0 Å². The topological polar surface area (TPSA) is 15.8 Å². The quantitative estimate of drug-likeness (QED) is 0.605. The van der Waals surface area contributed by atoms with Crippen molar-refractivity contribution < 1.29 is 30.7 Å². The molecular weight excluding hydrogens is 311 g/mol. The fourth-order valence-electron chi connectivity index (χ4n) is 1.56. The van der Waals surface area contributed by atoms with Gasteiger partial charge >= 0.3 is 17.4 Å². The number of thioether (sulfide) groups is 1. The Balaban J connectivity index is 2.49. The minimum Gasteiger partial charge on any atom is -0.360 e. The molecule has 9 heteroatoms. The molecule has 0 aliphatic heterocycles. The summed E-state index contributed by atoms with van der Waals surface area (Å²) in [6.45, 7) is 0. The van der Waals surface area contributed by atoms with Gasteiger partial charge in [0.2, 0.25) is 0 Å². The second kappa shape index (κ2) is 4.57. The summed E-state index contributed by atoms with van der Waals surface area (Å²) in [5, 5.41) is -5.27. The van der Waals surface area contributed by atoms with Crippen LogP contribution in [0.25, 0.3) is 10.9 Å². The Labute approximate surface area is 112 Å². The van der Waals surface area contributed by atoms with Crippen LogP contribution in [0, 0.1) is 0 Å². The average Bonchev–Trinajstić information content (AvgIpc) is 2.70. The van der Waals surface area contributed by atoms with Crippen molar-refractivity contribution in [3.63, 3.8) is 0 Å². The van der Waals surface area contributed by atoms with E-state index in [1.54, 1.807) is 6.07 Å². The Morgan fingerprint density at radius 1 is 0.850 bits per heavy atom. The standard InChI is InChI=1S/C11H6F7NS/c12-9(10(13,14)15,11(16,17)18)20-8-5-19-7-4-2-1-3-6(7)8/h1-5,19H. The molecule has 0 fully saturated rings. The molecule has 2 aromatic rings. The monoisotopic (exact) mass is 317 g/mol. The molecule has 0 amide bonds. The van der Waals surface area contributed by atoms with E-state index in [1.165, 1.54) is 18.2 Å². The van der Waals surface area contributed by atoms with E-state index < -0.39 is 34.0 Å². The minimum atomic E-state index is -6.08. The Morgan fingerprint density at radius 3 is 1.95 bits per heavy atom. The number of halogens is 7. The largest absolute Gasteiger partial charge is 0.441 e. The molecule has 1 nitrogen and oxygen atoms in total. The molecule has 20 heavy (non-hydrogen) atoms. The van der Waals surface area contributed by atoms with E-state index in [0.717, 1.165) is 6.20 Å². The predicted molar refractivity (Wildman–Crippen MR) is 60.1 cm³/mol. The molecule has 0 spiro atoms. The number of H-pyrrole nitrogens is 1. The average molecular weight is 317 g/mol. The van der Waals surface area contributed by atoms with E-state index in [0.29, 0.717) is 5.52 Å². The third kappa shape index (κ3) is 2.34. The van der Waals surface area contributed by atoms with Crippen molar-refractivity contribution in [3.8, 4) is 0 Å². The molecule has 1 heterocycles. The molecule has 0 saturated carbocycles. The molecular formula is C11H6F7NS. The zero-order valence-corrected chi connectivity index (χ0v) is 10.3. The molecule has 0 aliphatic rings. The van der Waals surface area contributed by atoms with Crippen molar-refractivity contribution in [1.29, 1.82) is 0 Å². The van der Waals surface area contributed by atoms with Crippen LogP contribution in [0.1, 0.15) is 0 Å². The summed E-state index contributed by atoms with van der Waals surface area (Å²) in [5.74, 6) is 0. The van der Waals surface area contributed by atoms with Crippen LogP contribution in [-0.4, -0.2) is 22.3 Å². The van der Waals surface area contributed by atoms with Gasteiger partial charge in [-0.2, -0.15) is 26.3 Å². The van der Waals surface area contributed by atoms with Crippen LogP contribution in [-0.2, 0) is 0 Å². The summed E-state index contributed by atoms with van der Waals surface area (Å²) in [6.07, 6.45) is -11.2. The molecule has 0 saturated heterocycles. The first-order valence-electron chi connectivity index (χ1n) is 5.14. The number of fused-ring (bicyclic) bond motifs is 1. The van der Waals surface area contributed by atoms with Crippen molar-refractivity contribution in [2.75, 3.05) is 0 Å². The van der Waals surface area contributed by atoms with E-state index in [4.69, 9.17) is 0 Å². The van der Waals surface area contributed by atoms with Gasteiger partial charge in [-0.1, -0.05) is 30.0 Å². The highest BCUT2D eigenvalue weighted by molar-refractivity contribution is 8.00. The fourth-order valence-corrected chi connectivity index (χ4v) is 2.50. The van der Waals surface area contributed by atoms with Gasteiger partial charge in [-0.25, -0.2) is 4.39 Å². The highest BCUT2D eigenvalue weighted by Gasteiger charge is 2.73. The SMILES string of the molecule is FC(F)(F)C(F)(Sc1c[nH]c2ccccc12)C(F)(F)F. The Hall–Kier alpha value is -1.38. The lowest BCUT2D eigenvalue weighted by Crippen LogP contribution is -2.50. The van der Waals surface area contributed by atoms with E-state index in [-0.39, 0.29) is 5.39 Å². The first-order chi connectivity index (χ1) is 9.06.